The molecule has 0 aromatic heterocycles. The Kier molecular flexibility index (Phi) is 57.5. The van der Waals surface area contributed by atoms with Crippen molar-refractivity contribution < 1.29 is 32.9 Å². The fourth-order valence-electron chi connectivity index (χ4n) is 9.49. The number of quaternary nitrogens is 1. The minimum Gasteiger partial charge on any atom is -0.756 e. The number of phosphoric ester groups is 1. The van der Waals surface area contributed by atoms with Gasteiger partial charge in [0.2, 0.25) is 5.91 Å². The van der Waals surface area contributed by atoms with E-state index in [-0.39, 0.29) is 12.5 Å². The highest BCUT2D eigenvalue weighted by Crippen LogP contribution is 2.38. The van der Waals surface area contributed by atoms with Gasteiger partial charge >= 0.3 is 0 Å². The minimum atomic E-state index is -4.61. The van der Waals surface area contributed by atoms with Gasteiger partial charge in [-0.05, 0) is 77.0 Å². The van der Waals surface area contributed by atoms with Crippen LogP contribution in [0.2, 0.25) is 0 Å². The molecule has 0 radical (unpaired) electrons. The molecule has 454 valence electrons. The van der Waals surface area contributed by atoms with Gasteiger partial charge in [-0.25, -0.2) is 0 Å². The predicted molar refractivity (Wildman–Crippen MR) is 339 cm³/mol. The highest BCUT2D eigenvalue weighted by atomic mass is 31.2. The molecule has 2 N–H and O–H groups in total. The number of allylic oxidation sites excluding steroid dienone is 13. The van der Waals surface area contributed by atoms with Crippen LogP contribution in [-0.2, 0) is 18.4 Å². The molecule has 8 nitrogen and oxygen atoms in total. The second kappa shape index (κ2) is 59.3. The van der Waals surface area contributed by atoms with Crippen molar-refractivity contribution in [3.05, 3.63) is 85.1 Å². The average Bonchev–Trinajstić information content (AvgIpc) is 3.41. The summed E-state index contributed by atoms with van der Waals surface area (Å²) in [5.74, 6) is -0.204. The van der Waals surface area contributed by atoms with Gasteiger partial charge in [0.1, 0.15) is 13.2 Å². The van der Waals surface area contributed by atoms with Crippen LogP contribution in [0.25, 0.3) is 0 Å². The number of rotatable bonds is 60. The van der Waals surface area contributed by atoms with Crippen LogP contribution in [-0.4, -0.2) is 68.5 Å². The number of hydrogen-bond donors (Lipinski definition) is 2. The molecule has 9 heteroatoms. The lowest BCUT2D eigenvalue weighted by Crippen LogP contribution is -2.45. The second-order valence-electron chi connectivity index (χ2n) is 23.4. The van der Waals surface area contributed by atoms with E-state index in [0.717, 1.165) is 70.6 Å². The van der Waals surface area contributed by atoms with Gasteiger partial charge in [-0.2, -0.15) is 0 Å². The molecule has 0 aliphatic heterocycles. The number of amides is 1. The molecule has 0 saturated carbocycles. The summed E-state index contributed by atoms with van der Waals surface area (Å²) in [6.45, 7) is 4.54. The van der Waals surface area contributed by atoms with Gasteiger partial charge in [0.15, 0.2) is 0 Å². The SMILES string of the molecule is CC/C=C\C/C=C\C/C=C\C/C=C\C/C=C\CCCCCCCCCCCCCCCCCCCCCCCC(=O)NC(COP(=O)([O-])OCC[N+](C)(C)C)C(O)/C=C/CC/C=C/CCCCCCCCCCCCCCC. The summed E-state index contributed by atoms with van der Waals surface area (Å²) in [5, 5.41) is 13.9. The fraction of sp³-hybridized carbons (Fsp3) is 0.783. The Morgan fingerprint density at radius 3 is 1.19 bits per heavy atom. The van der Waals surface area contributed by atoms with Crippen molar-refractivity contribution in [1.29, 1.82) is 0 Å². The first-order chi connectivity index (χ1) is 38.0. The fourth-order valence-corrected chi connectivity index (χ4v) is 10.2. The van der Waals surface area contributed by atoms with E-state index in [4.69, 9.17) is 9.05 Å². The van der Waals surface area contributed by atoms with E-state index in [1.807, 2.05) is 27.2 Å². The maximum Gasteiger partial charge on any atom is 0.268 e. The molecule has 0 aromatic carbocycles. The van der Waals surface area contributed by atoms with E-state index in [9.17, 15) is 19.4 Å². The monoisotopic (exact) mass is 1110 g/mol. The lowest BCUT2D eigenvalue weighted by Gasteiger charge is -2.29. The molecule has 78 heavy (non-hydrogen) atoms. The number of unbranched alkanes of at least 4 members (excludes halogenated alkanes) is 35. The van der Waals surface area contributed by atoms with Crippen molar-refractivity contribution in [3.63, 3.8) is 0 Å². The Labute approximate surface area is 484 Å². The zero-order chi connectivity index (χ0) is 57.0. The van der Waals surface area contributed by atoms with Crippen molar-refractivity contribution in [2.45, 2.75) is 309 Å². The van der Waals surface area contributed by atoms with Crippen molar-refractivity contribution in [2.75, 3.05) is 40.9 Å². The van der Waals surface area contributed by atoms with E-state index >= 15 is 0 Å². The Morgan fingerprint density at radius 2 is 0.795 bits per heavy atom. The molecular formula is C69H127N2O6P. The first kappa shape index (κ1) is 75.7. The van der Waals surface area contributed by atoms with Gasteiger partial charge in [0.25, 0.3) is 7.82 Å². The van der Waals surface area contributed by atoms with Crippen LogP contribution in [0, 0.1) is 0 Å². The molecule has 0 saturated heterocycles. The van der Waals surface area contributed by atoms with Gasteiger partial charge in [-0.1, -0.05) is 298 Å². The highest BCUT2D eigenvalue weighted by molar-refractivity contribution is 7.45. The van der Waals surface area contributed by atoms with E-state index in [2.05, 4.69) is 92.1 Å². The molecule has 0 bridgehead atoms. The minimum absolute atomic E-state index is 0.00707. The Morgan fingerprint density at radius 1 is 0.462 bits per heavy atom. The van der Waals surface area contributed by atoms with Gasteiger partial charge in [-0.15, -0.1) is 0 Å². The summed E-state index contributed by atoms with van der Waals surface area (Å²) in [7, 11) is 1.25. The van der Waals surface area contributed by atoms with Gasteiger partial charge in [-0.3, -0.25) is 9.36 Å². The molecule has 0 fully saturated rings. The zero-order valence-corrected chi connectivity index (χ0v) is 52.7. The van der Waals surface area contributed by atoms with Crippen LogP contribution < -0.4 is 10.2 Å². The maximum absolute atomic E-state index is 13.0. The summed E-state index contributed by atoms with van der Waals surface area (Å²) >= 11 is 0. The number of aliphatic hydroxyl groups excluding tert-OH is 1. The first-order valence-electron chi connectivity index (χ1n) is 32.9. The van der Waals surface area contributed by atoms with Crippen molar-refractivity contribution in [3.8, 4) is 0 Å². The summed E-state index contributed by atoms with van der Waals surface area (Å²) in [6, 6.07) is -0.906. The average molecular weight is 1110 g/mol. The van der Waals surface area contributed by atoms with E-state index < -0.39 is 26.6 Å². The van der Waals surface area contributed by atoms with E-state index in [0.29, 0.717) is 17.4 Å². The second-order valence-corrected chi connectivity index (χ2v) is 24.8. The molecule has 0 aliphatic carbocycles. The van der Waals surface area contributed by atoms with Crippen LogP contribution in [0.4, 0.5) is 0 Å². The zero-order valence-electron chi connectivity index (χ0n) is 51.9. The third kappa shape index (κ3) is 61.3. The van der Waals surface area contributed by atoms with Crippen LogP contribution in [0.15, 0.2) is 85.1 Å². The molecule has 0 rings (SSSR count). The molecule has 0 aromatic rings. The molecule has 0 spiro atoms. The normalized spacial score (nSPS) is 14.3. The molecule has 3 atom stereocenters. The lowest BCUT2D eigenvalue weighted by atomic mass is 10.0. The number of nitrogens with one attached hydrogen (secondary N) is 1. The summed E-state index contributed by atoms with van der Waals surface area (Å²) in [6.07, 6.45) is 84.1. The highest BCUT2D eigenvalue weighted by Gasteiger charge is 2.23. The van der Waals surface area contributed by atoms with Gasteiger partial charge < -0.3 is 28.8 Å². The Balaban J connectivity index is 4.03. The predicted octanol–water partition coefficient (Wildman–Crippen LogP) is 20.1. The van der Waals surface area contributed by atoms with Gasteiger partial charge in [0, 0.05) is 6.42 Å². The smallest absolute Gasteiger partial charge is 0.268 e. The quantitative estimate of drug-likeness (QED) is 0.0272. The Bertz CT molecular complexity index is 1550. The maximum atomic E-state index is 13.0. The first-order valence-corrected chi connectivity index (χ1v) is 34.4. The standard InChI is InChI=1S/C69H127N2O6P/c1-6-8-10-12-14-16-18-20-22-24-26-27-28-29-30-31-32-33-34-35-36-37-38-39-40-41-42-43-45-47-49-51-53-55-57-59-61-63-69(73)70-67(66-77-78(74,75)76-65-64-71(3,4)5)68(72)62-60-58-56-54-52-50-48-46-44-25-23-21-19-17-15-13-11-9-7-2/h8,10,14,16,20,22,26-27,29-30,52,54,60,62,67-68,72H,6-7,9,11-13,15,17-19,21,23-25,28,31-51,53,55-59,61,63-66H2,1-5H3,(H-,70,73,74,75)/b10-8-,16-14-,22-20-,27-26-,30-29-,54-52+,62-60+. The van der Waals surface area contributed by atoms with Gasteiger partial charge in [0.05, 0.1) is 39.9 Å². The number of carbonyl (C=O) groups excluding carboxylic acids is 1. The van der Waals surface area contributed by atoms with Crippen molar-refractivity contribution >= 4 is 13.7 Å². The van der Waals surface area contributed by atoms with Crippen molar-refractivity contribution in [2.24, 2.45) is 0 Å². The number of carbonyl (C=O) groups is 1. The lowest BCUT2D eigenvalue weighted by molar-refractivity contribution is -0.870. The third-order valence-corrected chi connectivity index (χ3v) is 15.6. The number of aliphatic hydroxyl groups is 1. The number of likely N-dealkylation sites (N-methyl/N-ethyl adjacent to an activating group) is 1. The topological polar surface area (TPSA) is 108 Å². The van der Waals surface area contributed by atoms with Crippen LogP contribution in [0.3, 0.4) is 0 Å². The van der Waals surface area contributed by atoms with Crippen LogP contribution >= 0.6 is 7.82 Å². The number of hydrogen-bond acceptors (Lipinski definition) is 6. The summed E-state index contributed by atoms with van der Waals surface area (Å²) in [4.78, 5) is 25.6. The van der Waals surface area contributed by atoms with E-state index in [1.54, 1.807) is 6.08 Å². The number of nitrogens with zero attached hydrogens (tertiary/aromatic N) is 1. The van der Waals surface area contributed by atoms with E-state index in [1.165, 1.54) is 205 Å². The van der Waals surface area contributed by atoms with Crippen LogP contribution in [0.1, 0.15) is 296 Å². The molecule has 0 aliphatic rings. The summed E-state index contributed by atoms with van der Waals surface area (Å²) < 4.78 is 23.4. The summed E-state index contributed by atoms with van der Waals surface area (Å²) in [5.41, 5.74) is 0. The molecule has 1 amide bonds. The largest absolute Gasteiger partial charge is 0.756 e. The van der Waals surface area contributed by atoms with Crippen LogP contribution in [0.5, 0.6) is 0 Å². The third-order valence-electron chi connectivity index (χ3n) is 14.6. The molecule has 3 unspecified atom stereocenters. The molecule has 0 heterocycles. The Hall–Kier alpha value is -2.32. The van der Waals surface area contributed by atoms with Crippen molar-refractivity contribution in [1.82, 2.24) is 5.32 Å². The number of phosphoric acid groups is 1. The molecular weight excluding hydrogens is 984 g/mol.